The third-order valence-corrected chi connectivity index (χ3v) is 7.22. The SMILES string of the molecule is CC(C)Oc1ccc(-c2cc(C3CNC(C(=O)O)C3)ncn2)cc1Cl.Clc1cc(-c2ccc(Cl)c(Cl)c2)ncn1. The van der Waals surface area contributed by atoms with Gasteiger partial charge in [-0.2, -0.15) is 0 Å². The Morgan fingerprint density at radius 3 is 2.12 bits per heavy atom. The molecule has 2 unspecified atom stereocenters. The topological polar surface area (TPSA) is 110 Å². The standard InChI is InChI=1S/C18H20ClN3O3.C10H5Cl3N2/c1-10(2)25-17-4-3-11(5-13(17)19)14-7-15(22-9-21-14)12-6-16(18(23)24)20-8-12;11-7-2-1-6(3-8(7)12)9-4-10(13)15-5-14-9/h3-5,7,9-10,12,16,20H,6,8H2,1-2H3,(H,23,24);1-5H. The van der Waals surface area contributed by atoms with Crippen LogP contribution >= 0.6 is 46.4 Å². The third-order valence-electron chi connectivity index (χ3n) is 5.97. The highest BCUT2D eigenvalue weighted by Gasteiger charge is 2.31. The number of hydrogen-bond donors (Lipinski definition) is 2. The van der Waals surface area contributed by atoms with Crippen LogP contribution in [0.25, 0.3) is 22.5 Å². The van der Waals surface area contributed by atoms with Crippen molar-refractivity contribution in [3.05, 3.63) is 87.1 Å². The van der Waals surface area contributed by atoms with E-state index >= 15 is 0 Å². The van der Waals surface area contributed by atoms with Gasteiger partial charge in [0.15, 0.2) is 0 Å². The van der Waals surface area contributed by atoms with Crippen molar-refractivity contribution in [3.8, 4) is 28.3 Å². The van der Waals surface area contributed by atoms with Crippen molar-refractivity contribution in [2.24, 2.45) is 0 Å². The summed E-state index contributed by atoms with van der Waals surface area (Å²) in [4.78, 5) is 27.6. The van der Waals surface area contributed by atoms with Gasteiger partial charge < -0.3 is 15.2 Å². The number of benzene rings is 2. The average molecular weight is 621 g/mol. The second-order valence-corrected chi connectivity index (χ2v) is 10.8. The Morgan fingerprint density at radius 2 is 1.52 bits per heavy atom. The Hall–Kier alpha value is -3.01. The predicted octanol–water partition coefficient (Wildman–Crippen LogP) is 7.22. The maximum absolute atomic E-state index is 11.1. The van der Waals surface area contributed by atoms with Crippen LogP contribution in [0, 0.1) is 0 Å². The molecule has 3 heterocycles. The van der Waals surface area contributed by atoms with Crippen LogP contribution in [0.15, 0.2) is 61.2 Å². The van der Waals surface area contributed by atoms with Crippen molar-refractivity contribution in [3.63, 3.8) is 0 Å². The zero-order valence-electron chi connectivity index (χ0n) is 21.5. The zero-order chi connectivity index (χ0) is 28.8. The third kappa shape index (κ3) is 7.80. The molecule has 1 fully saturated rings. The lowest BCUT2D eigenvalue weighted by Crippen LogP contribution is -2.29. The van der Waals surface area contributed by atoms with Gasteiger partial charge in [-0.05, 0) is 56.7 Å². The number of carboxylic acids is 1. The van der Waals surface area contributed by atoms with Gasteiger partial charge in [0.2, 0.25) is 0 Å². The summed E-state index contributed by atoms with van der Waals surface area (Å²) in [5.74, 6) is -0.134. The number of halogens is 4. The zero-order valence-corrected chi connectivity index (χ0v) is 24.5. The van der Waals surface area contributed by atoms with Crippen molar-refractivity contribution >= 4 is 52.4 Å². The molecule has 0 saturated carbocycles. The molecule has 2 N–H and O–H groups in total. The number of carbonyl (C=O) groups is 1. The van der Waals surface area contributed by atoms with Gasteiger partial charge in [-0.25, -0.2) is 19.9 Å². The second kappa shape index (κ2) is 13.6. The first kappa shape index (κ1) is 30.0. The molecule has 2 atom stereocenters. The number of carboxylic acid groups (broad SMARTS) is 1. The fourth-order valence-corrected chi connectivity index (χ4v) is 4.73. The number of aliphatic carboxylic acids is 1. The van der Waals surface area contributed by atoms with Crippen LogP contribution in [0.5, 0.6) is 5.75 Å². The van der Waals surface area contributed by atoms with Crippen LogP contribution in [-0.2, 0) is 4.79 Å². The van der Waals surface area contributed by atoms with E-state index in [0.717, 1.165) is 22.5 Å². The fourth-order valence-electron chi connectivity index (χ4n) is 4.06. The highest BCUT2D eigenvalue weighted by Crippen LogP contribution is 2.32. The van der Waals surface area contributed by atoms with Crippen LogP contribution < -0.4 is 10.1 Å². The fraction of sp³-hybridized carbons (Fsp3) is 0.250. The molecule has 0 amide bonds. The molecular formula is C28H25Cl4N5O3. The summed E-state index contributed by atoms with van der Waals surface area (Å²) in [7, 11) is 0. The van der Waals surface area contributed by atoms with Crippen LogP contribution in [-0.4, -0.2) is 49.7 Å². The summed E-state index contributed by atoms with van der Waals surface area (Å²) >= 11 is 23.8. The summed E-state index contributed by atoms with van der Waals surface area (Å²) in [5, 5.41) is 14.0. The van der Waals surface area contributed by atoms with Crippen LogP contribution in [0.3, 0.4) is 0 Å². The van der Waals surface area contributed by atoms with Crippen molar-refractivity contribution in [1.82, 2.24) is 25.3 Å². The minimum atomic E-state index is -0.829. The van der Waals surface area contributed by atoms with Gasteiger partial charge in [0.25, 0.3) is 0 Å². The Morgan fingerprint density at radius 1 is 0.875 bits per heavy atom. The molecule has 4 aromatic rings. The van der Waals surface area contributed by atoms with Gasteiger partial charge in [0.1, 0.15) is 29.6 Å². The number of aromatic nitrogens is 4. The quantitative estimate of drug-likeness (QED) is 0.217. The van der Waals surface area contributed by atoms with E-state index in [1.807, 2.05) is 44.2 Å². The minimum absolute atomic E-state index is 0.0473. The Kier molecular flexibility index (Phi) is 10.2. The Labute approximate surface area is 251 Å². The van der Waals surface area contributed by atoms with E-state index in [2.05, 4.69) is 25.3 Å². The van der Waals surface area contributed by atoms with E-state index in [0.29, 0.717) is 44.6 Å². The molecule has 0 bridgehead atoms. The molecule has 5 rings (SSSR count). The highest BCUT2D eigenvalue weighted by atomic mass is 35.5. The molecule has 2 aromatic heterocycles. The summed E-state index contributed by atoms with van der Waals surface area (Å²) in [6, 6.07) is 13.9. The number of hydrogen-bond acceptors (Lipinski definition) is 7. The number of nitrogens with zero attached hydrogens (tertiary/aromatic N) is 4. The summed E-state index contributed by atoms with van der Waals surface area (Å²) in [6.07, 6.45) is 3.48. The van der Waals surface area contributed by atoms with Crippen molar-refractivity contribution < 1.29 is 14.6 Å². The monoisotopic (exact) mass is 619 g/mol. The van der Waals surface area contributed by atoms with E-state index in [1.165, 1.54) is 12.7 Å². The molecule has 8 nitrogen and oxygen atoms in total. The predicted molar refractivity (Wildman–Crippen MR) is 158 cm³/mol. The van der Waals surface area contributed by atoms with Crippen LogP contribution in [0.2, 0.25) is 20.2 Å². The molecule has 40 heavy (non-hydrogen) atoms. The van der Waals surface area contributed by atoms with Gasteiger partial charge in [-0.1, -0.05) is 52.5 Å². The second-order valence-electron chi connectivity index (χ2n) is 9.23. The van der Waals surface area contributed by atoms with E-state index in [-0.39, 0.29) is 12.0 Å². The van der Waals surface area contributed by atoms with Crippen LogP contribution in [0.1, 0.15) is 31.9 Å². The maximum atomic E-state index is 11.1. The summed E-state index contributed by atoms with van der Waals surface area (Å²) in [6.45, 7) is 4.48. The maximum Gasteiger partial charge on any atom is 0.320 e. The van der Waals surface area contributed by atoms with E-state index in [9.17, 15) is 4.79 Å². The molecule has 0 radical (unpaired) electrons. The largest absolute Gasteiger partial charge is 0.489 e. The first-order valence-electron chi connectivity index (χ1n) is 12.3. The molecule has 208 valence electrons. The Bertz CT molecular complexity index is 1500. The van der Waals surface area contributed by atoms with Gasteiger partial charge >= 0.3 is 5.97 Å². The number of rotatable bonds is 6. The van der Waals surface area contributed by atoms with E-state index < -0.39 is 12.0 Å². The van der Waals surface area contributed by atoms with Crippen molar-refractivity contribution in [2.45, 2.75) is 38.3 Å². The normalized spacial score (nSPS) is 16.4. The van der Waals surface area contributed by atoms with Gasteiger partial charge in [0.05, 0.1) is 32.6 Å². The first-order valence-corrected chi connectivity index (χ1v) is 13.8. The summed E-state index contributed by atoms with van der Waals surface area (Å²) in [5.41, 5.74) is 4.02. The lowest BCUT2D eigenvalue weighted by atomic mass is 10.00. The highest BCUT2D eigenvalue weighted by molar-refractivity contribution is 6.42. The molecule has 2 aromatic carbocycles. The van der Waals surface area contributed by atoms with Crippen molar-refractivity contribution in [1.29, 1.82) is 0 Å². The molecular weight excluding hydrogens is 596 g/mol. The lowest BCUT2D eigenvalue weighted by Gasteiger charge is -2.13. The number of nitrogens with one attached hydrogen (secondary N) is 1. The van der Waals surface area contributed by atoms with E-state index in [4.69, 9.17) is 56.2 Å². The van der Waals surface area contributed by atoms with Crippen molar-refractivity contribution in [2.75, 3.05) is 6.54 Å². The van der Waals surface area contributed by atoms with E-state index in [1.54, 1.807) is 18.2 Å². The first-order chi connectivity index (χ1) is 19.1. The molecule has 1 aliphatic heterocycles. The van der Waals surface area contributed by atoms with Gasteiger partial charge in [0, 0.05) is 35.3 Å². The average Bonchev–Trinajstić information content (AvgIpc) is 3.43. The van der Waals surface area contributed by atoms with Gasteiger partial charge in [-0.3, -0.25) is 4.79 Å². The van der Waals surface area contributed by atoms with Gasteiger partial charge in [-0.15, -0.1) is 0 Å². The lowest BCUT2D eigenvalue weighted by molar-refractivity contribution is -0.139. The molecule has 1 aliphatic rings. The van der Waals surface area contributed by atoms with Crippen LogP contribution in [0.4, 0.5) is 0 Å². The molecule has 0 spiro atoms. The number of ether oxygens (including phenoxy) is 1. The molecule has 1 saturated heterocycles. The molecule has 12 heteroatoms. The molecule has 0 aliphatic carbocycles. The summed E-state index contributed by atoms with van der Waals surface area (Å²) < 4.78 is 5.65. The minimum Gasteiger partial charge on any atom is -0.489 e. The smallest absolute Gasteiger partial charge is 0.320 e. The Balaban J connectivity index is 0.000000210.